The van der Waals surface area contributed by atoms with E-state index in [0.29, 0.717) is 24.1 Å². The molecule has 7 heteroatoms. The van der Waals surface area contributed by atoms with E-state index in [-0.39, 0.29) is 11.6 Å². The van der Waals surface area contributed by atoms with Crippen molar-refractivity contribution >= 4 is 23.3 Å². The van der Waals surface area contributed by atoms with Crippen molar-refractivity contribution in [1.82, 2.24) is 0 Å². The van der Waals surface area contributed by atoms with Gasteiger partial charge in [0.1, 0.15) is 0 Å². The van der Waals surface area contributed by atoms with Gasteiger partial charge in [-0.1, -0.05) is 12.8 Å². The van der Waals surface area contributed by atoms with Crippen molar-refractivity contribution in [3.8, 4) is 0 Å². The summed E-state index contributed by atoms with van der Waals surface area (Å²) >= 11 is 0. The van der Waals surface area contributed by atoms with E-state index in [1.807, 2.05) is 0 Å². The number of carbonyl (C=O) groups excluding carboxylic acids is 1. The Bertz CT molecular complexity index is 614. The van der Waals surface area contributed by atoms with Gasteiger partial charge in [0.2, 0.25) is 5.91 Å². The molecule has 1 fully saturated rings. The molecule has 0 heterocycles. The Kier molecular flexibility index (Phi) is 4.75. The van der Waals surface area contributed by atoms with Gasteiger partial charge in [0.15, 0.2) is 0 Å². The zero-order valence-corrected chi connectivity index (χ0v) is 12.2. The summed E-state index contributed by atoms with van der Waals surface area (Å²) in [5.41, 5.74) is 1.01. The normalized spacial score (nSPS) is 21.1. The minimum atomic E-state index is -0.944. The monoisotopic (exact) mass is 306 g/mol. The van der Waals surface area contributed by atoms with Gasteiger partial charge >= 0.3 is 5.97 Å². The number of benzene rings is 1. The van der Waals surface area contributed by atoms with Gasteiger partial charge in [0.05, 0.1) is 16.8 Å². The first kappa shape index (κ1) is 15.9. The molecule has 2 rings (SSSR count). The van der Waals surface area contributed by atoms with E-state index in [9.17, 15) is 24.8 Å². The number of rotatable bonds is 4. The number of hydrogen-bond donors (Lipinski definition) is 2. The molecular formula is C15H18N2O5. The van der Waals surface area contributed by atoms with Crippen LogP contribution in [0.3, 0.4) is 0 Å². The molecule has 2 atom stereocenters. The maximum absolute atomic E-state index is 12.3. The molecular weight excluding hydrogens is 288 g/mol. The number of nitrogens with one attached hydrogen (secondary N) is 1. The third-order valence-corrected chi connectivity index (χ3v) is 4.10. The molecule has 1 saturated carbocycles. The van der Waals surface area contributed by atoms with E-state index in [1.165, 1.54) is 18.2 Å². The van der Waals surface area contributed by atoms with Gasteiger partial charge in [-0.25, -0.2) is 0 Å². The molecule has 0 saturated heterocycles. The average molecular weight is 306 g/mol. The van der Waals surface area contributed by atoms with Crippen LogP contribution in [0.15, 0.2) is 18.2 Å². The van der Waals surface area contributed by atoms with Crippen LogP contribution in [0.25, 0.3) is 0 Å². The van der Waals surface area contributed by atoms with Crippen LogP contribution in [0.2, 0.25) is 0 Å². The molecule has 1 amide bonds. The topological polar surface area (TPSA) is 110 Å². The second kappa shape index (κ2) is 6.55. The van der Waals surface area contributed by atoms with Gasteiger partial charge in [-0.2, -0.15) is 0 Å². The Balaban J connectivity index is 2.14. The Morgan fingerprint density at radius 1 is 1.27 bits per heavy atom. The quantitative estimate of drug-likeness (QED) is 0.656. The molecule has 1 aliphatic rings. The molecule has 2 unspecified atom stereocenters. The standard InChI is InChI=1S/C15H18N2O5/c1-9-8-10(17(21)22)6-7-13(9)16-14(18)11-4-2-3-5-12(11)15(19)20/h6-8,11-12H,2-5H2,1H3,(H,16,18)(H,19,20). The fourth-order valence-corrected chi connectivity index (χ4v) is 2.87. The summed E-state index contributed by atoms with van der Waals surface area (Å²) < 4.78 is 0. The number of amides is 1. The lowest BCUT2D eigenvalue weighted by molar-refractivity contribution is -0.384. The van der Waals surface area contributed by atoms with E-state index < -0.39 is 22.7 Å². The lowest BCUT2D eigenvalue weighted by Gasteiger charge is -2.27. The van der Waals surface area contributed by atoms with Crippen molar-refractivity contribution < 1.29 is 19.6 Å². The number of carboxylic acid groups (broad SMARTS) is 1. The molecule has 0 aromatic heterocycles. The maximum atomic E-state index is 12.3. The summed E-state index contributed by atoms with van der Waals surface area (Å²) in [6, 6.07) is 4.17. The fourth-order valence-electron chi connectivity index (χ4n) is 2.87. The molecule has 0 bridgehead atoms. The predicted octanol–water partition coefficient (Wildman–Crippen LogP) is 2.73. The number of hydrogen-bond acceptors (Lipinski definition) is 4. The number of carboxylic acids is 1. The molecule has 1 aromatic rings. The molecule has 7 nitrogen and oxygen atoms in total. The zero-order valence-electron chi connectivity index (χ0n) is 12.2. The van der Waals surface area contributed by atoms with Crippen molar-refractivity contribution in [3.63, 3.8) is 0 Å². The number of nitrogens with zero attached hydrogens (tertiary/aromatic N) is 1. The number of anilines is 1. The van der Waals surface area contributed by atoms with Crippen LogP contribution in [0.1, 0.15) is 31.2 Å². The SMILES string of the molecule is Cc1cc([N+](=O)[O-])ccc1NC(=O)C1CCCCC1C(=O)O. The number of aliphatic carboxylic acids is 1. The van der Waals surface area contributed by atoms with E-state index >= 15 is 0 Å². The van der Waals surface area contributed by atoms with Crippen molar-refractivity contribution in [3.05, 3.63) is 33.9 Å². The zero-order chi connectivity index (χ0) is 16.3. The lowest BCUT2D eigenvalue weighted by Crippen LogP contribution is -2.36. The van der Waals surface area contributed by atoms with E-state index in [2.05, 4.69) is 5.32 Å². The highest BCUT2D eigenvalue weighted by atomic mass is 16.6. The highest BCUT2D eigenvalue weighted by Gasteiger charge is 2.35. The third kappa shape index (κ3) is 3.41. The Morgan fingerprint density at radius 2 is 1.91 bits per heavy atom. The number of aryl methyl sites for hydroxylation is 1. The molecule has 0 spiro atoms. The fraction of sp³-hybridized carbons (Fsp3) is 0.467. The van der Waals surface area contributed by atoms with Gasteiger partial charge in [0.25, 0.3) is 5.69 Å². The van der Waals surface area contributed by atoms with Crippen LogP contribution in [0, 0.1) is 28.9 Å². The van der Waals surface area contributed by atoms with Crippen LogP contribution in [-0.4, -0.2) is 21.9 Å². The van der Waals surface area contributed by atoms with Crippen molar-refractivity contribution in [2.75, 3.05) is 5.32 Å². The molecule has 22 heavy (non-hydrogen) atoms. The second-order valence-corrected chi connectivity index (χ2v) is 5.58. The van der Waals surface area contributed by atoms with Crippen molar-refractivity contribution in [2.45, 2.75) is 32.6 Å². The number of nitro groups is 1. The van der Waals surface area contributed by atoms with Crippen LogP contribution < -0.4 is 5.32 Å². The van der Waals surface area contributed by atoms with Gasteiger partial charge in [-0.05, 0) is 31.4 Å². The van der Waals surface area contributed by atoms with Crippen LogP contribution in [0.5, 0.6) is 0 Å². The highest BCUT2D eigenvalue weighted by molar-refractivity contribution is 5.95. The third-order valence-electron chi connectivity index (χ3n) is 4.10. The first-order valence-electron chi connectivity index (χ1n) is 7.19. The number of nitro benzene ring substituents is 1. The summed E-state index contributed by atoms with van der Waals surface area (Å²) in [5, 5.41) is 22.6. The van der Waals surface area contributed by atoms with Crippen molar-refractivity contribution in [1.29, 1.82) is 0 Å². The molecule has 1 aromatic carbocycles. The maximum Gasteiger partial charge on any atom is 0.307 e. The second-order valence-electron chi connectivity index (χ2n) is 5.58. The summed E-state index contributed by atoms with van der Waals surface area (Å²) in [7, 11) is 0. The first-order chi connectivity index (χ1) is 10.4. The van der Waals surface area contributed by atoms with E-state index in [4.69, 9.17) is 0 Å². The lowest BCUT2D eigenvalue weighted by atomic mass is 9.78. The van der Waals surface area contributed by atoms with Gasteiger partial charge in [-0.3, -0.25) is 19.7 Å². The van der Waals surface area contributed by atoms with Gasteiger partial charge in [-0.15, -0.1) is 0 Å². The number of carbonyl (C=O) groups is 2. The summed E-state index contributed by atoms with van der Waals surface area (Å²) in [6.07, 6.45) is 2.71. The van der Waals surface area contributed by atoms with Gasteiger partial charge in [0, 0.05) is 17.8 Å². The Hall–Kier alpha value is -2.44. The predicted molar refractivity (Wildman–Crippen MR) is 79.5 cm³/mol. The number of non-ortho nitro benzene ring substituents is 1. The minimum absolute atomic E-state index is 0.0448. The largest absolute Gasteiger partial charge is 0.481 e. The summed E-state index contributed by atoms with van der Waals surface area (Å²) in [6.45, 7) is 1.66. The Morgan fingerprint density at radius 3 is 2.45 bits per heavy atom. The average Bonchev–Trinajstić information content (AvgIpc) is 2.48. The molecule has 2 N–H and O–H groups in total. The van der Waals surface area contributed by atoms with Crippen LogP contribution in [-0.2, 0) is 9.59 Å². The summed E-state index contributed by atoms with van der Waals surface area (Å²) in [5.74, 6) is -2.49. The molecule has 1 aliphatic carbocycles. The first-order valence-corrected chi connectivity index (χ1v) is 7.19. The van der Waals surface area contributed by atoms with Gasteiger partial charge < -0.3 is 10.4 Å². The van der Waals surface area contributed by atoms with Crippen molar-refractivity contribution in [2.24, 2.45) is 11.8 Å². The molecule has 0 radical (unpaired) electrons. The molecule has 0 aliphatic heterocycles. The smallest absolute Gasteiger partial charge is 0.307 e. The minimum Gasteiger partial charge on any atom is -0.481 e. The summed E-state index contributed by atoms with van der Waals surface area (Å²) in [4.78, 5) is 33.8. The van der Waals surface area contributed by atoms with E-state index in [0.717, 1.165) is 12.8 Å². The Labute approximate surface area is 127 Å². The van der Waals surface area contributed by atoms with Crippen LogP contribution >= 0.6 is 0 Å². The highest BCUT2D eigenvalue weighted by Crippen LogP contribution is 2.32. The molecule has 118 valence electrons. The van der Waals surface area contributed by atoms with E-state index in [1.54, 1.807) is 6.92 Å². The van der Waals surface area contributed by atoms with Crippen LogP contribution in [0.4, 0.5) is 11.4 Å².